The number of para-hydroxylation sites is 1. The predicted octanol–water partition coefficient (Wildman–Crippen LogP) is 3.71. The van der Waals surface area contributed by atoms with Gasteiger partial charge >= 0.3 is 6.18 Å². The second kappa shape index (κ2) is 5.55. The molecule has 23 heavy (non-hydrogen) atoms. The number of hydrogen-bond acceptors (Lipinski definition) is 2. The topological polar surface area (TPSA) is 53.1 Å². The number of aromatic nitrogens is 1. The van der Waals surface area contributed by atoms with Crippen LogP contribution in [0.2, 0.25) is 0 Å². The van der Waals surface area contributed by atoms with Crippen LogP contribution in [0.1, 0.15) is 11.1 Å². The molecule has 0 aliphatic heterocycles. The summed E-state index contributed by atoms with van der Waals surface area (Å²) in [5, 5.41) is 9.84. The number of pyridine rings is 1. The number of aliphatic hydroxyl groups excluding tert-OH is 1. The van der Waals surface area contributed by atoms with Gasteiger partial charge in [0.25, 0.3) is 0 Å². The number of H-pyrrole nitrogens is 1. The fraction of sp³-hybridized carbons (Fsp3) is 0.118. The fourth-order valence-electron chi connectivity index (χ4n) is 2.48. The minimum absolute atomic E-state index is 0.158. The van der Waals surface area contributed by atoms with E-state index in [2.05, 4.69) is 4.98 Å². The van der Waals surface area contributed by atoms with Gasteiger partial charge in [-0.2, -0.15) is 13.2 Å². The molecule has 1 heterocycles. The Kier molecular flexibility index (Phi) is 3.69. The van der Waals surface area contributed by atoms with E-state index in [1.807, 2.05) is 0 Å². The number of nitrogens with one attached hydrogen (secondary N) is 1. The summed E-state index contributed by atoms with van der Waals surface area (Å²) >= 11 is 0. The maximum Gasteiger partial charge on any atom is 0.416 e. The van der Waals surface area contributed by atoms with Crippen LogP contribution in [0.4, 0.5) is 13.2 Å². The summed E-state index contributed by atoms with van der Waals surface area (Å²) in [6, 6.07) is 11.0. The molecule has 0 aliphatic rings. The monoisotopic (exact) mass is 319 g/mol. The van der Waals surface area contributed by atoms with E-state index in [1.54, 1.807) is 24.3 Å². The maximum absolute atomic E-state index is 12.9. The zero-order chi connectivity index (χ0) is 16.6. The molecule has 0 aliphatic carbocycles. The van der Waals surface area contributed by atoms with Crippen molar-refractivity contribution in [3.63, 3.8) is 0 Å². The summed E-state index contributed by atoms with van der Waals surface area (Å²) in [6.45, 7) is -0.428. The molecule has 2 N–H and O–H groups in total. The number of aromatic amines is 1. The highest BCUT2D eigenvalue weighted by atomic mass is 19.4. The second-order valence-corrected chi connectivity index (χ2v) is 5.12. The first kappa shape index (κ1) is 15.3. The van der Waals surface area contributed by atoms with Gasteiger partial charge in [-0.1, -0.05) is 18.2 Å². The van der Waals surface area contributed by atoms with Crippen LogP contribution in [-0.4, -0.2) is 10.1 Å². The fourth-order valence-corrected chi connectivity index (χ4v) is 2.48. The van der Waals surface area contributed by atoms with E-state index >= 15 is 0 Å². The van der Waals surface area contributed by atoms with Crippen molar-refractivity contribution in [2.45, 2.75) is 12.8 Å². The summed E-state index contributed by atoms with van der Waals surface area (Å²) in [5.74, 6) is 0. The maximum atomic E-state index is 12.9. The molecular weight excluding hydrogens is 307 g/mol. The van der Waals surface area contributed by atoms with E-state index in [1.165, 1.54) is 12.1 Å². The molecule has 118 valence electrons. The average molecular weight is 319 g/mol. The van der Waals surface area contributed by atoms with Crippen molar-refractivity contribution < 1.29 is 18.3 Å². The Labute approximate surface area is 129 Å². The van der Waals surface area contributed by atoms with Gasteiger partial charge in [0.05, 0.1) is 17.9 Å². The minimum atomic E-state index is -4.50. The first-order valence-electron chi connectivity index (χ1n) is 6.83. The summed E-state index contributed by atoms with van der Waals surface area (Å²) in [4.78, 5) is 15.1. The van der Waals surface area contributed by atoms with Crippen LogP contribution in [0.25, 0.3) is 22.2 Å². The minimum Gasteiger partial charge on any atom is -0.392 e. The van der Waals surface area contributed by atoms with Crippen LogP contribution in [0.5, 0.6) is 0 Å². The average Bonchev–Trinajstić information content (AvgIpc) is 2.53. The van der Waals surface area contributed by atoms with E-state index in [0.29, 0.717) is 16.5 Å². The van der Waals surface area contributed by atoms with Crippen LogP contribution in [0.15, 0.2) is 53.3 Å². The van der Waals surface area contributed by atoms with Crippen molar-refractivity contribution in [3.05, 3.63) is 69.9 Å². The lowest BCUT2D eigenvalue weighted by molar-refractivity contribution is -0.137. The highest BCUT2D eigenvalue weighted by molar-refractivity contribution is 5.81. The number of halogens is 3. The third-order valence-electron chi connectivity index (χ3n) is 3.64. The molecule has 2 aromatic carbocycles. The van der Waals surface area contributed by atoms with Crippen molar-refractivity contribution in [1.82, 2.24) is 4.98 Å². The molecule has 0 saturated heterocycles. The zero-order valence-corrected chi connectivity index (χ0v) is 11.8. The van der Waals surface area contributed by atoms with Crippen LogP contribution in [-0.2, 0) is 12.8 Å². The van der Waals surface area contributed by atoms with Crippen LogP contribution >= 0.6 is 0 Å². The Morgan fingerprint density at radius 2 is 1.78 bits per heavy atom. The SMILES string of the molecule is O=c1cc(-c2cc(C(F)(F)F)ccc2CO)[nH]c2ccccc12. The predicted molar refractivity (Wildman–Crippen MR) is 80.9 cm³/mol. The quantitative estimate of drug-likeness (QED) is 0.756. The molecule has 3 nitrogen and oxygen atoms in total. The summed E-state index contributed by atoms with van der Waals surface area (Å²) in [7, 11) is 0. The Hall–Kier alpha value is -2.60. The number of rotatable bonds is 2. The van der Waals surface area contributed by atoms with Crippen molar-refractivity contribution in [2.24, 2.45) is 0 Å². The third kappa shape index (κ3) is 2.85. The zero-order valence-electron chi connectivity index (χ0n) is 11.8. The normalized spacial score (nSPS) is 11.8. The molecule has 3 rings (SSSR count). The van der Waals surface area contributed by atoms with Crippen molar-refractivity contribution in [2.75, 3.05) is 0 Å². The second-order valence-electron chi connectivity index (χ2n) is 5.12. The number of fused-ring (bicyclic) bond motifs is 1. The van der Waals surface area contributed by atoms with Crippen LogP contribution < -0.4 is 5.43 Å². The molecule has 6 heteroatoms. The molecule has 0 saturated carbocycles. The van der Waals surface area contributed by atoms with Gasteiger partial charge in [-0.3, -0.25) is 4.79 Å². The van der Waals surface area contributed by atoms with Crippen molar-refractivity contribution in [1.29, 1.82) is 0 Å². The third-order valence-corrected chi connectivity index (χ3v) is 3.64. The lowest BCUT2D eigenvalue weighted by Gasteiger charge is -2.13. The molecule has 0 atom stereocenters. The number of aliphatic hydroxyl groups is 1. The standard InChI is InChI=1S/C17H12F3NO2/c18-17(19,20)11-6-5-10(9-22)13(7-11)15-8-16(23)12-3-1-2-4-14(12)21-15/h1-8,22H,9H2,(H,21,23). The summed E-state index contributed by atoms with van der Waals surface area (Å²) in [5.41, 5.74) is 0.101. The van der Waals surface area contributed by atoms with E-state index in [9.17, 15) is 23.1 Å². The highest BCUT2D eigenvalue weighted by Gasteiger charge is 2.31. The molecule has 0 spiro atoms. The summed E-state index contributed by atoms with van der Waals surface area (Å²) in [6.07, 6.45) is -4.50. The smallest absolute Gasteiger partial charge is 0.392 e. The highest BCUT2D eigenvalue weighted by Crippen LogP contribution is 2.33. The van der Waals surface area contributed by atoms with Gasteiger partial charge in [0.2, 0.25) is 0 Å². The summed E-state index contributed by atoms with van der Waals surface area (Å²) < 4.78 is 38.8. The first-order chi connectivity index (χ1) is 10.9. The lowest BCUT2D eigenvalue weighted by atomic mass is 10.00. The largest absolute Gasteiger partial charge is 0.416 e. The van der Waals surface area contributed by atoms with Gasteiger partial charge in [-0.25, -0.2) is 0 Å². The van der Waals surface area contributed by atoms with Crippen molar-refractivity contribution >= 4 is 10.9 Å². The van der Waals surface area contributed by atoms with Crippen molar-refractivity contribution in [3.8, 4) is 11.3 Å². The number of benzene rings is 2. The first-order valence-corrected chi connectivity index (χ1v) is 6.83. The van der Waals surface area contributed by atoms with E-state index in [4.69, 9.17) is 0 Å². The lowest BCUT2D eigenvalue weighted by Crippen LogP contribution is -2.08. The number of hydrogen-bond donors (Lipinski definition) is 2. The molecule has 0 bridgehead atoms. The molecule has 3 aromatic rings. The molecule has 0 amide bonds. The van der Waals surface area contributed by atoms with Gasteiger partial charge in [-0.15, -0.1) is 0 Å². The van der Waals surface area contributed by atoms with Gasteiger partial charge in [0.15, 0.2) is 5.43 Å². The van der Waals surface area contributed by atoms with Crippen LogP contribution in [0, 0.1) is 0 Å². The van der Waals surface area contributed by atoms with Gasteiger partial charge in [0, 0.05) is 22.5 Å². The van der Waals surface area contributed by atoms with E-state index in [0.717, 1.165) is 12.1 Å². The van der Waals surface area contributed by atoms with Gasteiger partial charge in [0.1, 0.15) is 0 Å². The Morgan fingerprint density at radius 3 is 2.48 bits per heavy atom. The van der Waals surface area contributed by atoms with Crippen LogP contribution in [0.3, 0.4) is 0 Å². The van der Waals surface area contributed by atoms with E-state index in [-0.39, 0.29) is 16.7 Å². The Balaban J connectivity index is 2.27. The number of alkyl halides is 3. The van der Waals surface area contributed by atoms with Gasteiger partial charge < -0.3 is 10.1 Å². The molecule has 0 fully saturated rings. The van der Waals surface area contributed by atoms with Gasteiger partial charge in [-0.05, 0) is 29.8 Å². The Bertz CT molecular complexity index is 929. The molecular formula is C17H12F3NO2. The molecule has 0 unspecified atom stereocenters. The van der Waals surface area contributed by atoms with E-state index < -0.39 is 18.3 Å². The Morgan fingerprint density at radius 1 is 1.04 bits per heavy atom. The molecule has 0 radical (unpaired) electrons. The molecule has 1 aromatic heterocycles.